The van der Waals surface area contributed by atoms with Crippen LogP contribution >= 0.6 is 0 Å². The van der Waals surface area contributed by atoms with E-state index in [1.165, 1.54) is 39.2 Å². The van der Waals surface area contributed by atoms with Crippen LogP contribution in [-0.2, 0) is 9.53 Å². The lowest BCUT2D eigenvalue weighted by atomic mass is 9.78. The average Bonchev–Trinajstić information content (AvgIpc) is 2.70. The van der Waals surface area contributed by atoms with Gasteiger partial charge in [0.05, 0.1) is 18.6 Å². The summed E-state index contributed by atoms with van der Waals surface area (Å²) < 4.78 is 4.77. The summed E-state index contributed by atoms with van der Waals surface area (Å²) in [5, 5.41) is 9.81. The van der Waals surface area contributed by atoms with Gasteiger partial charge in [-0.25, -0.2) is 4.79 Å². The van der Waals surface area contributed by atoms with Gasteiger partial charge in [0.2, 0.25) is 0 Å². The molecule has 2 rings (SSSR count). The second-order valence-corrected chi connectivity index (χ2v) is 7.96. The van der Waals surface area contributed by atoms with Crippen LogP contribution < -0.4 is 0 Å². The molecule has 0 heterocycles. The molecule has 0 saturated heterocycles. The first kappa shape index (κ1) is 21.5. The van der Waals surface area contributed by atoms with E-state index in [2.05, 4.69) is 6.92 Å². The Balaban J connectivity index is 2.10. The van der Waals surface area contributed by atoms with E-state index in [0.29, 0.717) is 17.9 Å². The van der Waals surface area contributed by atoms with Crippen molar-refractivity contribution in [2.75, 3.05) is 7.11 Å². The van der Waals surface area contributed by atoms with E-state index in [9.17, 15) is 14.7 Å². The van der Waals surface area contributed by atoms with E-state index >= 15 is 0 Å². The zero-order valence-corrected chi connectivity index (χ0v) is 16.8. The number of methoxy groups -OCH3 is 1. The maximum atomic E-state index is 11.9. The molecule has 0 aromatic heterocycles. The Hall–Kier alpha value is -1.84. The second kappa shape index (κ2) is 11.1. The zero-order valence-electron chi connectivity index (χ0n) is 16.8. The number of rotatable bonds is 10. The number of hydrogen-bond acceptors (Lipinski definition) is 3. The molecule has 4 heteroatoms. The molecule has 1 aromatic carbocycles. The predicted molar refractivity (Wildman–Crippen MR) is 107 cm³/mol. The molecule has 0 radical (unpaired) electrons. The topological polar surface area (TPSA) is 63.6 Å². The van der Waals surface area contributed by atoms with Gasteiger partial charge >= 0.3 is 11.9 Å². The Bertz CT molecular complexity index is 587. The van der Waals surface area contributed by atoms with Gasteiger partial charge in [0.25, 0.3) is 0 Å². The molecule has 1 N–H and O–H groups in total. The Morgan fingerprint density at radius 1 is 1.15 bits per heavy atom. The number of aliphatic carboxylic acids is 1. The smallest absolute Gasteiger partial charge is 0.337 e. The molecule has 1 unspecified atom stereocenters. The summed E-state index contributed by atoms with van der Waals surface area (Å²) >= 11 is 0. The van der Waals surface area contributed by atoms with Crippen molar-refractivity contribution < 1.29 is 19.4 Å². The van der Waals surface area contributed by atoms with Crippen LogP contribution in [0.2, 0.25) is 0 Å². The van der Waals surface area contributed by atoms with Gasteiger partial charge in [-0.1, -0.05) is 64.0 Å². The van der Waals surface area contributed by atoms with E-state index in [-0.39, 0.29) is 17.8 Å². The van der Waals surface area contributed by atoms with Crippen LogP contribution in [0, 0.1) is 11.8 Å². The van der Waals surface area contributed by atoms with Gasteiger partial charge in [0.1, 0.15) is 0 Å². The van der Waals surface area contributed by atoms with Crippen molar-refractivity contribution in [2.24, 2.45) is 11.8 Å². The molecule has 1 aliphatic rings. The third kappa shape index (κ3) is 6.67. The van der Waals surface area contributed by atoms with E-state index in [1.807, 2.05) is 12.1 Å². The number of benzene rings is 1. The van der Waals surface area contributed by atoms with Gasteiger partial charge in [-0.2, -0.15) is 0 Å². The maximum Gasteiger partial charge on any atom is 0.337 e. The molecule has 0 spiro atoms. The van der Waals surface area contributed by atoms with Crippen molar-refractivity contribution in [3.8, 4) is 0 Å². The van der Waals surface area contributed by atoms with Crippen LogP contribution in [0.1, 0.15) is 93.0 Å². The minimum atomic E-state index is -0.659. The minimum absolute atomic E-state index is 0.223. The molecule has 0 bridgehead atoms. The highest BCUT2D eigenvalue weighted by Crippen LogP contribution is 2.35. The summed E-state index contributed by atoms with van der Waals surface area (Å²) in [6.07, 6.45) is 10.8. The molecule has 1 aliphatic carbocycles. The van der Waals surface area contributed by atoms with Crippen molar-refractivity contribution in [3.63, 3.8) is 0 Å². The lowest BCUT2D eigenvalue weighted by molar-refractivity contribution is -0.142. The van der Waals surface area contributed by atoms with Crippen LogP contribution in [0.4, 0.5) is 0 Å². The fraction of sp³-hybridized carbons (Fsp3) is 0.652. The van der Waals surface area contributed by atoms with E-state index in [4.69, 9.17) is 4.74 Å². The fourth-order valence-corrected chi connectivity index (χ4v) is 4.35. The second-order valence-electron chi connectivity index (χ2n) is 7.96. The number of unbranched alkanes of at least 4 members (excludes halogenated alkanes) is 1. The Morgan fingerprint density at radius 2 is 1.81 bits per heavy atom. The number of carboxylic acid groups (broad SMARTS) is 1. The van der Waals surface area contributed by atoms with Crippen molar-refractivity contribution in [1.29, 1.82) is 0 Å². The maximum absolute atomic E-state index is 11.9. The molecule has 1 fully saturated rings. The van der Waals surface area contributed by atoms with E-state index in [0.717, 1.165) is 31.2 Å². The minimum Gasteiger partial charge on any atom is -0.481 e. The molecular formula is C23H34O4. The normalized spacial score (nSPS) is 17.3. The molecule has 0 aliphatic heterocycles. The Morgan fingerprint density at radius 3 is 2.37 bits per heavy atom. The summed E-state index contributed by atoms with van der Waals surface area (Å²) in [5.41, 5.74) is 1.67. The van der Waals surface area contributed by atoms with Gasteiger partial charge in [0.15, 0.2) is 0 Å². The lowest BCUT2D eigenvalue weighted by Gasteiger charge is -2.27. The zero-order chi connectivity index (χ0) is 19.6. The summed E-state index contributed by atoms with van der Waals surface area (Å²) in [4.78, 5) is 23.6. The summed E-state index contributed by atoms with van der Waals surface area (Å²) in [5.74, 6) is -0.495. The first-order chi connectivity index (χ1) is 13.0. The molecule has 2 atom stereocenters. The van der Waals surface area contributed by atoms with Crippen molar-refractivity contribution >= 4 is 11.9 Å². The van der Waals surface area contributed by atoms with Crippen LogP contribution in [0.3, 0.4) is 0 Å². The number of carboxylic acids is 1. The number of hydrogen-bond donors (Lipinski definition) is 1. The van der Waals surface area contributed by atoms with E-state index in [1.54, 1.807) is 12.1 Å². The predicted octanol–water partition coefficient (Wildman–Crippen LogP) is 5.81. The van der Waals surface area contributed by atoms with Gasteiger partial charge in [-0.15, -0.1) is 0 Å². The molecule has 27 heavy (non-hydrogen) atoms. The van der Waals surface area contributed by atoms with Gasteiger partial charge in [-0.05, 0) is 48.8 Å². The SMILES string of the molecule is CCCC[C@@H](CC(CC1CCCCC1)C(=O)O)c1ccc(C(=O)OC)cc1. The number of carbonyl (C=O) groups is 2. The molecule has 4 nitrogen and oxygen atoms in total. The largest absolute Gasteiger partial charge is 0.481 e. The third-order valence-corrected chi connectivity index (χ3v) is 5.97. The van der Waals surface area contributed by atoms with Crippen molar-refractivity contribution in [2.45, 2.75) is 77.0 Å². The van der Waals surface area contributed by atoms with Gasteiger partial charge < -0.3 is 9.84 Å². The third-order valence-electron chi connectivity index (χ3n) is 5.97. The quantitative estimate of drug-likeness (QED) is 0.525. The molecule has 1 aromatic rings. The average molecular weight is 375 g/mol. The van der Waals surface area contributed by atoms with Crippen LogP contribution in [0.5, 0.6) is 0 Å². The van der Waals surface area contributed by atoms with E-state index < -0.39 is 5.97 Å². The molecule has 0 amide bonds. The summed E-state index contributed by atoms with van der Waals surface area (Å²) in [6, 6.07) is 7.51. The number of ether oxygens (including phenoxy) is 1. The molecular weight excluding hydrogens is 340 g/mol. The highest BCUT2D eigenvalue weighted by molar-refractivity contribution is 5.89. The monoisotopic (exact) mass is 374 g/mol. The van der Waals surface area contributed by atoms with Gasteiger partial charge in [-0.3, -0.25) is 4.79 Å². The molecule has 150 valence electrons. The van der Waals surface area contributed by atoms with Crippen LogP contribution in [0.15, 0.2) is 24.3 Å². The van der Waals surface area contributed by atoms with Crippen molar-refractivity contribution in [3.05, 3.63) is 35.4 Å². The first-order valence-electron chi connectivity index (χ1n) is 10.5. The Labute approximate surface area is 163 Å². The van der Waals surface area contributed by atoms with Gasteiger partial charge in [0, 0.05) is 0 Å². The standard InChI is InChI=1S/C23H34O4/c1-3-4-10-20(18-11-13-19(14-12-18)23(26)27-2)16-21(22(24)25)15-17-8-6-5-7-9-17/h11-14,17,20-21H,3-10,15-16H2,1-2H3,(H,24,25)/t20-,21?/m0/s1. The number of carbonyl (C=O) groups excluding carboxylic acids is 1. The first-order valence-corrected chi connectivity index (χ1v) is 10.5. The van der Waals surface area contributed by atoms with Crippen molar-refractivity contribution in [1.82, 2.24) is 0 Å². The molecule has 1 saturated carbocycles. The highest BCUT2D eigenvalue weighted by Gasteiger charge is 2.27. The lowest BCUT2D eigenvalue weighted by Crippen LogP contribution is -2.22. The summed E-state index contributed by atoms with van der Waals surface area (Å²) in [6.45, 7) is 2.16. The summed E-state index contributed by atoms with van der Waals surface area (Å²) in [7, 11) is 1.38. The fourth-order valence-electron chi connectivity index (χ4n) is 4.35. The number of esters is 1. The van der Waals surface area contributed by atoms with Crippen LogP contribution in [-0.4, -0.2) is 24.2 Å². The Kier molecular flexibility index (Phi) is 8.83. The van der Waals surface area contributed by atoms with Crippen LogP contribution in [0.25, 0.3) is 0 Å². The highest BCUT2D eigenvalue weighted by atomic mass is 16.5.